The van der Waals surface area contributed by atoms with Gasteiger partial charge in [-0.1, -0.05) is 52.0 Å². The summed E-state index contributed by atoms with van der Waals surface area (Å²) in [6.45, 7) is 9.98. The lowest BCUT2D eigenvalue weighted by Gasteiger charge is -2.22. The molecule has 1 fully saturated rings. The summed E-state index contributed by atoms with van der Waals surface area (Å²) in [5.74, 6) is 1.26. The molecule has 0 radical (unpaired) electrons. The van der Waals surface area contributed by atoms with E-state index in [9.17, 15) is 0 Å². The highest BCUT2D eigenvalue weighted by atomic mass is 16.5. The fourth-order valence-electron chi connectivity index (χ4n) is 2.65. The summed E-state index contributed by atoms with van der Waals surface area (Å²) in [7, 11) is 0. The average Bonchev–Trinajstić information content (AvgIpc) is 2.65. The van der Waals surface area contributed by atoms with Gasteiger partial charge in [-0.15, -0.1) is 0 Å². The van der Waals surface area contributed by atoms with E-state index in [0.29, 0.717) is 11.8 Å². The first-order chi connectivity index (χ1) is 11.7. The van der Waals surface area contributed by atoms with Gasteiger partial charge in [0.25, 0.3) is 0 Å². The molecule has 24 heavy (non-hydrogen) atoms. The van der Waals surface area contributed by atoms with Crippen LogP contribution in [0.25, 0.3) is 11.1 Å². The highest BCUT2D eigenvalue weighted by Crippen LogP contribution is 2.24. The molecule has 0 saturated carbocycles. The van der Waals surface area contributed by atoms with E-state index in [1.54, 1.807) is 0 Å². The molecule has 1 aromatic heterocycles. The van der Waals surface area contributed by atoms with E-state index >= 15 is 0 Å². The number of pyridine rings is 1. The molecule has 0 unspecified atom stereocenters. The summed E-state index contributed by atoms with van der Waals surface area (Å²) in [6.07, 6.45) is 4.01. The number of nitrogens with zero attached hydrogens (tertiary/aromatic N) is 1. The largest absolute Gasteiger partial charge is 0.474 e. The van der Waals surface area contributed by atoms with Crippen molar-refractivity contribution in [3.63, 3.8) is 0 Å². The van der Waals surface area contributed by atoms with E-state index in [0.717, 1.165) is 31.6 Å². The molecular weight excluding hydrogens is 298 g/mol. The molecule has 0 atom stereocenters. The maximum absolute atomic E-state index is 5.91. The van der Waals surface area contributed by atoms with Crippen LogP contribution in [0.4, 0.5) is 0 Å². The molecule has 0 spiro atoms. The molecule has 0 amide bonds. The summed E-state index contributed by atoms with van der Waals surface area (Å²) in [6, 6.07) is 12.7. The van der Waals surface area contributed by atoms with Crippen molar-refractivity contribution in [3.8, 4) is 17.0 Å². The minimum atomic E-state index is 0.234. The molecule has 3 rings (SSSR count). The smallest absolute Gasteiger partial charge is 0.213 e. The van der Waals surface area contributed by atoms with Crippen LogP contribution >= 0.6 is 0 Å². The van der Waals surface area contributed by atoms with Gasteiger partial charge in [0.1, 0.15) is 6.10 Å². The zero-order chi connectivity index (χ0) is 17.4. The van der Waals surface area contributed by atoms with E-state index in [2.05, 4.69) is 49.2 Å². The third kappa shape index (κ3) is 5.07. The lowest BCUT2D eigenvalue weighted by molar-refractivity contribution is 0.0237. The van der Waals surface area contributed by atoms with Gasteiger partial charge >= 0.3 is 0 Å². The van der Waals surface area contributed by atoms with Crippen LogP contribution in [0.3, 0.4) is 0 Å². The van der Waals surface area contributed by atoms with Crippen LogP contribution in [0, 0.1) is 0 Å². The molecule has 2 aromatic rings. The third-order valence-corrected chi connectivity index (χ3v) is 4.10. The quantitative estimate of drug-likeness (QED) is 0.747. The van der Waals surface area contributed by atoms with Gasteiger partial charge in [-0.05, 0) is 23.1 Å². The Labute approximate surface area is 146 Å². The highest BCUT2D eigenvalue weighted by Gasteiger charge is 2.15. The summed E-state index contributed by atoms with van der Waals surface area (Å²) in [4.78, 5) is 4.44. The average molecular weight is 327 g/mol. The third-order valence-electron chi connectivity index (χ3n) is 4.10. The predicted octanol–water partition coefficient (Wildman–Crippen LogP) is 5.46. The van der Waals surface area contributed by atoms with Gasteiger partial charge in [-0.3, -0.25) is 0 Å². The van der Waals surface area contributed by atoms with Crippen LogP contribution in [0.5, 0.6) is 5.88 Å². The van der Waals surface area contributed by atoms with Gasteiger partial charge in [0.05, 0.1) is 13.2 Å². The number of hydrogen-bond donors (Lipinski definition) is 0. The summed E-state index contributed by atoms with van der Waals surface area (Å²) >= 11 is 0. The zero-order valence-corrected chi connectivity index (χ0v) is 15.3. The molecule has 1 aliphatic rings. The first-order valence-electron chi connectivity index (χ1n) is 9.03. The van der Waals surface area contributed by atoms with Crippen LogP contribution in [-0.4, -0.2) is 24.3 Å². The fourth-order valence-corrected chi connectivity index (χ4v) is 2.65. The summed E-state index contributed by atoms with van der Waals surface area (Å²) < 4.78 is 11.2. The van der Waals surface area contributed by atoms with Gasteiger partial charge in [-0.25, -0.2) is 4.98 Å². The van der Waals surface area contributed by atoms with Crippen LogP contribution in [0.15, 0.2) is 42.6 Å². The van der Waals surface area contributed by atoms with Gasteiger partial charge in [-0.2, -0.15) is 0 Å². The van der Waals surface area contributed by atoms with Crippen molar-refractivity contribution in [2.24, 2.45) is 0 Å². The van der Waals surface area contributed by atoms with Gasteiger partial charge < -0.3 is 9.47 Å². The standard InChI is InChI=1S/C19H23NO2.C2H6/c1-14(2)15-3-5-16(6-4-15)17-7-8-19(20-13-17)22-18-9-11-21-12-10-18;1-2/h3-8,13-14,18H,9-12H2,1-2H3;1-2H3. The first-order valence-corrected chi connectivity index (χ1v) is 9.03. The first kappa shape index (κ1) is 18.5. The maximum atomic E-state index is 5.91. The molecule has 0 aliphatic carbocycles. The monoisotopic (exact) mass is 327 g/mol. The second-order valence-corrected chi connectivity index (χ2v) is 6.09. The fraction of sp³-hybridized carbons (Fsp3) is 0.476. The Morgan fingerprint density at radius 1 is 0.958 bits per heavy atom. The minimum absolute atomic E-state index is 0.234. The van der Waals surface area contributed by atoms with Crippen molar-refractivity contribution >= 4 is 0 Å². The number of ether oxygens (including phenoxy) is 2. The SMILES string of the molecule is CC.CC(C)c1ccc(-c2ccc(OC3CCOCC3)nc2)cc1. The normalized spacial score (nSPS) is 14.9. The Balaban J connectivity index is 0.00000100. The topological polar surface area (TPSA) is 31.4 Å². The number of aromatic nitrogens is 1. The second kappa shape index (κ2) is 9.43. The minimum Gasteiger partial charge on any atom is -0.474 e. The van der Waals surface area contributed by atoms with E-state index in [1.165, 1.54) is 11.1 Å². The molecule has 1 saturated heterocycles. The van der Waals surface area contributed by atoms with Crippen molar-refractivity contribution in [3.05, 3.63) is 48.2 Å². The van der Waals surface area contributed by atoms with Crippen LogP contribution < -0.4 is 4.74 Å². The van der Waals surface area contributed by atoms with Crippen LogP contribution in [-0.2, 0) is 4.74 Å². The maximum Gasteiger partial charge on any atom is 0.213 e. The van der Waals surface area contributed by atoms with E-state index in [4.69, 9.17) is 9.47 Å². The van der Waals surface area contributed by atoms with Crippen LogP contribution in [0.2, 0.25) is 0 Å². The lowest BCUT2D eigenvalue weighted by atomic mass is 9.99. The van der Waals surface area contributed by atoms with Gasteiger partial charge in [0.15, 0.2) is 0 Å². The zero-order valence-electron chi connectivity index (χ0n) is 15.3. The van der Waals surface area contributed by atoms with E-state index in [-0.39, 0.29) is 6.10 Å². The molecule has 0 bridgehead atoms. The van der Waals surface area contributed by atoms with E-state index < -0.39 is 0 Å². The van der Waals surface area contributed by atoms with Crippen molar-refractivity contribution in [1.29, 1.82) is 0 Å². The molecule has 130 valence electrons. The second-order valence-electron chi connectivity index (χ2n) is 6.09. The Morgan fingerprint density at radius 2 is 1.58 bits per heavy atom. The van der Waals surface area contributed by atoms with Crippen molar-refractivity contribution in [1.82, 2.24) is 4.98 Å². The predicted molar refractivity (Wildman–Crippen MR) is 99.6 cm³/mol. The lowest BCUT2D eigenvalue weighted by Crippen LogP contribution is -2.26. The molecule has 1 aromatic carbocycles. The van der Waals surface area contributed by atoms with Crippen molar-refractivity contribution < 1.29 is 9.47 Å². The molecule has 3 nitrogen and oxygen atoms in total. The van der Waals surface area contributed by atoms with Crippen LogP contribution in [0.1, 0.15) is 52.0 Å². The molecule has 1 aliphatic heterocycles. The number of hydrogen-bond acceptors (Lipinski definition) is 3. The van der Waals surface area contributed by atoms with Crippen molar-refractivity contribution in [2.45, 2.75) is 52.6 Å². The van der Waals surface area contributed by atoms with E-state index in [1.807, 2.05) is 26.1 Å². The summed E-state index contributed by atoms with van der Waals surface area (Å²) in [5, 5.41) is 0. The number of benzene rings is 1. The molecule has 0 N–H and O–H groups in total. The summed E-state index contributed by atoms with van der Waals surface area (Å²) in [5.41, 5.74) is 3.67. The highest BCUT2D eigenvalue weighted by molar-refractivity contribution is 5.63. The molecule has 3 heteroatoms. The van der Waals surface area contributed by atoms with Gasteiger partial charge in [0, 0.05) is 30.7 Å². The number of rotatable bonds is 4. The Bertz CT molecular complexity index is 584. The molecular formula is C21H29NO2. The Kier molecular flexibility index (Phi) is 7.26. The Morgan fingerprint density at radius 3 is 2.12 bits per heavy atom. The van der Waals surface area contributed by atoms with Gasteiger partial charge in [0.2, 0.25) is 5.88 Å². The Hall–Kier alpha value is -1.87. The van der Waals surface area contributed by atoms with Crippen molar-refractivity contribution in [2.75, 3.05) is 13.2 Å². The molecule has 2 heterocycles.